The Kier molecular flexibility index (Phi) is 10.4. The van der Waals surface area contributed by atoms with Gasteiger partial charge in [0.05, 0.1) is 6.04 Å². The van der Waals surface area contributed by atoms with Gasteiger partial charge in [0.15, 0.2) is 0 Å². The van der Waals surface area contributed by atoms with Crippen molar-refractivity contribution in [2.45, 2.75) is 69.2 Å². The predicted molar refractivity (Wildman–Crippen MR) is 97.2 cm³/mol. The lowest BCUT2D eigenvalue weighted by Crippen LogP contribution is -2.46. The van der Waals surface area contributed by atoms with Crippen LogP contribution < -0.4 is 16.0 Å². The molecule has 0 aliphatic carbocycles. The van der Waals surface area contributed by atoms with Gasteiger partial charge in [-0.3, -0.25) is 4.79 Å². The molecule has 1 saturated heterocycles. The largest absolute Gasteiger partial charge is 0.386 e. The molecular formula is C17H33N3OS. The van der Waals surface area contributed by atoms with Gasteiger partial charge in [-0.15, -0.1) is 0 Å². The highest BCUT2D eigenvalue weighted by atomic mass is 32.2. The van der Waals surface area contributed by atoms with Crippen LogP contribution in [-0.4, -0.2) is 42.6 Å². The van der Waals surface area contributed by atoms with Crippen molar-refractivity contribution in [1.82, 2.24) is 16.0 Å². The van der Waals surface area contributed by atoms with E-state index in [4.69, 9.17) is 0 Å². The molecule has 0 aromatic rings. The van der Waals surface area contributed by atoms with Gasteiger partial charge in [-0.25, -0.2) is 0 Å². The quantitative estimate of drug-likeness (QED) is 0.482. The average Bonchev–Trinajstić information content (AvgIpc) is 2.90. The fraction of sp³-hybridized carbons (Fsp3) is 0.824. The molecule has 1 heterocycles. The summed E-state index contributed by atoms with van der Waals surface area (Å²) >= 11 is 2.03. The van der Waals surface area contributed by atoms with Gasteiger partial charge in [0.1, 0.15) is 0 Å². The SMILES string of the molecule is C=CNC1CSC(CCCCC(=O)NCCCCC)C1NC. The van der Waals surface area contributed by atoms with Crippen LogP contribution in [0.3, 0.4) is 0 Å². The Morgan fingerprint density at radius 1 is 1.32 bits per heavy atom. The number of thioether (sulfide) groups is 1. The summed E-state index contributed by atoms with van der Waals surface area (Å²) in [5, 5.41) is 10.4. The number of rotatable bonds is 12. The van der Waals surface area contributed by atoms with E-state index in [1.54, 1.807) is 6.20 Å². The van der Waals surface area contributed by atoms with Gasteiger partial charge >= 0.3 is 0 Å². The lowest BCUT2D eigenvalue weighted by atomic mass is 10.0. The van der Waals surface area contributed by atoms with Crippen LogP contribution in [0, 0.1) is 0 Å². The topological polar surface area (TPSA) is 53.2 Å². The molecule has 3 N–H and O–H groups in total. The molecule has 4 nitrogen and oxygen atoms in total. The van der Waals surface area contributed by atoms with Crippen molar-refractivity contribution in [1.29, 1.82) is 0 Å². The maximum Gasteiger partial charge on any atom is 0.219 e. The van der Waals surface area contributed by atoms with Gasteiger partial charge in [0.25, 0.3) is 0 Å². The maximum atomic E-state index is 11.7. The lowest BCUT2D eigenvalue weighted by molar-refractivity contribution is -0.121. The Hall–Kier alpha value is -0.680. The summed E-state index contributed by atoms with van der Waals surface area (Å²) in [4.78, 5) is 11.7. The number of likely N-dealkylation sites (N-methyl/N-ethyl adjacent to an activating group) is 1. The molecular weight excluding hydrogens is 294 g/mol. The van der Waals surface area contributed by atoms with Crippen LogP contribution in [0.5, 0.6) is 0 Å². The van der Waals surface area contributed by atoms with E-state index >= 15 is 0 Å². The van der Waals surface area contributed by atoms with Crippen LogP contribution >= 0.6 is 11.8 Å². The molecule has 0 bridgehead atoms. The number of amides is 1. The van der Waals surface area contributed by atoms with Gasteiger partial charge in [-0.05, 0) is 32.5 Å². The van der Waals surface area contributed by atoms with Gasteiger partial charge in [-0.1, -0.05) is 32.8 Å². The van der Waals surface area contributed by atoms with E-state index in [2.05, 4.69) is 29.5 Å². The van der Waals surface area contributed by atoms with E-state index in [9.17, 15) is 4.79 Å². The number of carbonyl (C=O) groups is 1. The van der Waals surface area contributed by atoms with Gasteiger partial charge in [0.2, 0.25) is 5.91 Å². The minimum Gasteiger partial charge on any atom is -0.386 e. The summed E-state index contributed by atoms with van der Waals surface area (Å²) in [6.07, 6.45) is 9.25. The third-order valence-corrected chi connectivity index (χ3v) is 5.74. The molecule has 1 fully saturated rings. The second kappa shape index (κ2) is 11.8. The van der Waals surface area contributed by atoms with E-state index in [1.165, 1.54) is 19.3 Å². The van der Waals surface area contributed by atoms with Gasteiger partial charge < -0.3 is 16.0 Å². The fourth-order valence-corrected chi connectivity index (χ4v) is 4.59. The molecule has 3 unspecified atom stereocenters. The Morgan fingerprint density at radius 3 is 2.82 bits per heavy atom. The highest BCUT2D eigenvalue weighted by Gasteiger charge is 2.34. The van der Waals surface area contributed by atoms with E-state index in [1.807, 2.05) is 18.8 Å². The number of carbonyl (C=O) groups excluding carboxylic acids is 1. The van der Waals surface area contributed by atoms with Crippen LogP contribution in [0.15, 0.2) is 12.8 Å². The molecule has 1 aliphatic rings. The number of unbranched alkanes of at least 4 members (excludes halogenated alkanes) is 3. The first-order valence-electron chi connectivity index (χ1n) is 8.65. The number of hydrogen-bond acceptors (Lipinski definition) is 4. The Balaban J connectivity index is 2.11. The summed E-state index contributed by atoms with van der Waals surface area (Å²) in [6, 6.07) is 0.963. The maximum absolute atomic E-state index is 11.7. The van der Waals surface area contributed by atoms with Crippen LogP contribution in [0.25, 0.3) is 0 Å². The molecule has 0 saturated carbocycles. The summed E-state index contributed by atoms with van der Waals surface area (Å²) in [5.74, 6) is 1.34. The summed E-state index contributed by atoms with van der Waals surface area (Å²) in [7, 11) is 2.03. The third kappa shape index (κ3) is 7.05. The minimum absolute atomic E-state index is 0.214. The zero-order valence-electron chi connectivity index (χ0n) is 14.2. The highest BCUT2D eigenvalue weighted by molar-refractivity contribution is 8.00. The first-order valence-corrected chi connectivity index (χ1v) is 9.70. The zero-order chi connectivity index (χ0) is 16.2. The van der Waals surface area contributed by atoms with Crippen molar-refractivity contribution in [2.24, 2.45) is 0 Å². The van der Waals surface area contributed by atoms with Crippen molar-refractivity contribution < 1.29 is 4.79 Å². The molecule has 0 aromatic carbocycles. The van der Waals surface area contributed by atoms with Crippen molar-refractivity contribution in [2.75, 3.05) is 19.3 Å². The minimum atomic E-state index is 0.214. The lowest BCUT2D eigenvalue weighted by Gasteiger charge is -2.23. The van der Waals surface area contributed by atoms with Crippen LogP contribution in [0.4, 0.5) is 0 Å². The number of nitrogens with one attached hydrogen (secondary N) is 3. The Morgan fingerprint density at radius 2 is 2.14 bits per heavy atom. The molecule has 0 aromatic heterocycles. The van der Waals surface area contributed by atoms with Crippen molar-refractivity contribution in [3.63, 3.8) is 0 Å². The van der Waals surface area contributed by atoms with Crippen molar-refractivity contribution in [3.05, 3.63) is 12.8 Å². The number of hydrogen-bond donors (Lipinski definition) is 3. The normalized spacial score (nSPS) is 24.2. The van der Waals surface area contributed by atoms with Crippen LogP contribution in [-0.2, 0) is 4.79 Å². The standard InChI is InChI=1S/C17H33N3OS/c1-4-6-9-12-20-16(21)11-8-7-10-15-17(18-3)14(13-22-15)19-5-2/h5,14-15,17-19H,2,4,6-13H2,1,3H3,(H,20,21). The molecule has 5 heteroatoms. The second-order valence-corrected chi connectivity index (χ2v) is 7.24. The van der Waals surface area contributed by atoms with Gasteiger partial charge in [0, 0.05) is 30.0 Å². The zero-order valence-corrected chi connectivity index (χ0v) is 15.0. The summed E-state index contributed by atoms with van der Waals surface area (Å²) in [5.41, 5.74) is 0. The first kappa shape index (κ1) is 19.4. The van der Waals surface area contributed by atoms with E-state index in [-0.39, 0.29) is 5.91 Å². The molecule has 1 rings (SSSR count). The first-order chi connectivity index (χ1) is 10.7. The monoisotopic (exact) mass is 327 g/mol. The molecule has 3 atom stereocenters. The molecule has 0 spiro atoms. The van der Waals surface area contributed by atoms with Gasteiger partial charge in [-0.2, -0.15) is 11.8 Å². The highest BCUT2D eigenvalue weighted by Crippen LogP contribution is 2.31. The summed E-state index contributed by atoms with van der Waals surface area (Å²) < 4.78 is 0. The third-order valence-electron chi connectivity index (χ3n) is 4.23. The van der Waals surface area contributed by atoms with E-state index in [0.29, 0.717) is 23.8 Å². The molecule has 22 heavy (non-hydrogen) atoms. The van der Waals surface area contributed by atoms with Crippen LogP contribution in [0.2, 0.25) is 0 Å². The molecule has 1 aliphatic heterocycles. The second-order valence-electron chi connectivity index (χ2n) is 5.97. The summed E-state index contributed by atoms with van der Waals surface area (Å²) in [6.45, 7) is 6.77. The Labute approximate surface area is 140 Å². The fourth-order valence-electron chi connectivity index (χ4n) is 2.97. The smallest absolute Gasteiger partial charge is 0.219 e. The van der Waals surface area contributed by atoms with Crippen LogP contribution in [0.1, 0.15) is 51.9 Å². The molecule has 1 amide bonds. The van der Waals surface area contributed by atoms with E-state index < -0.39 is 0 Å². The molecule has 128 valence electrons. The Bertz CT molecular complexity index is 325. The average molecular weight is 328 g/mol. The van der Waals surface area contributed by atoms with Crippen molar-refractivity contribution in [3.8, 4) is 0 Å². The van der Waals surface area contributed by atoms with E-state index in [0.717, 1.165) is 31.6 Å². The molecule has 0 radical (unpaired) electrons. The van der Waals surface area contributed by atoms with Crippen molar-refractivity contribution >= 4 is 17.7 Å². The predicted octanol–water partition coefficient (Wildman–Crippen LogP) is 2.66.